The van der Waals surface area contributed by atoms with E-state index in [1.54, 1.807) is 38.1 Å². The van der Waals surface area contributed by atoms with Gasteiger partial charge >= 0.3 is 12.6 Å². The topological polar surface area (TPSA) is 3.24 Å². The van der Waals surface area contributed by atoms with E-state index in [1.165, 1.54) is 0 Å². The number of aryl methyl sites for hydroxylation is 2. The highest BCUT2D eigenvalue weighted by molar-refractivity contribution is 5.46. The van der Waals surface area contributed by atoms with Crippen LogP contribution in [-0.2, 0) is 5.41 Å². The molecule has 0 saturated heterocycles. The van der Waals surface area contributed by atoms with Crippen molar-refractivity contribution in [2.75, 3.05) is 6.54 Å². The van der Waals surface area contributed by atoms with Gasteiger partial charge in [-0.15, -0.1) is 4.90 Å². The number of hydrogen-bond donors (Lipinski definition) is 0. The summed E-state index contributed by atoms with van der Waals surface area (Å²) < 4.78 is 80.2. The van der Waals surface area contributed by atoms with Gasteiger partial charge in [-0.3, -0.25) is 0 Å². The second-order valence-corrected chi connectivity index (χ2v) is 7.86. The standard InChI is InChI=1S/C23H27F6N/c1-5-10-18(15-30(22(24,25)26)23(27,28)29)21(4,19-13-8-6-11-16(19)2)20-14-9-7-12-17(20)3/h6-9,11-14,18H,5,10,15H2,1-4H3. The van der Waals surface area contributed by atoms with Crippen LogP contribution in [0, 0.1) is 19.8 Å². The molecule has 0 radical (unpaired) electrons. The maximum Gasteiger partial charge on any atom is 0.467 e. The zero-order valence-electron chi connectivity index (χ0n) is 17.5. The van der Waals surface area contributed by atoms with Crippen molar-refractivity contribution in [1.82, 2.24) is 4.90 Å². The first-order chi connectivity index (χ1) is 13.8. The van der Waals surface area contributed by atoms with Gasteiger partial charge in [0.05, 0.1) is 0 Å². The van der Waals surface area contributed by atoms with Crippen LogP contribution in [0.4, 0.5) is 26.3 Å². The van der Waals surface area contributed by atoms with Crippen molar-refractivity contribution in [3.05, 3.63) is 70.8 Å². The van der Waals surface area contributed by atoms with Gasteiger partial charge in [-0.2, -0.15) is 26.3 Å². The summed E-state index contributed by atoms with van der Waals surface area (Å²) in [6.45, 7) is 6.04. The highest BCUT2D eigenvalue weighted by atomic mass is 19.4. The van der Waals surface area contributed by atoms with Gasteiger partial charge in [-0.25, -0.2) is 0 Å². The fourth-order valence-corrected chi connectivity index (χ4v) is 4.38. The molecule has 0 bridgehead atoms. The molecule has 0 aromatic heterocycles. The smallest absolute Gasteiger partial charge is 0.155 e. The van der Waals surface area contributed by atoms with Gasteiger partial charge in [-0.05, 0) is 48.4 Å². The molecule has 0 N–H and O–H groups in total. The monoisotopic (exact) mass is 431 g/mol. The Bertz CT molecular complexity index is 781. The lowest BCUT2D eigenvalue weighted by Gasteiger charge is -2.43. The van der Waals surface area contributed by atoms with Crippen LogP contribution >= 0.6 is 0 Å². The van der Waals surface area contributed by atoms with Crippen LogP contribution in [-0.4, -0.2) is 24.0 Å². The normalized spacial score (nSPS) is 14.2. The maximum absolute atomic E-state index is 13.4. The van der Waals surface area contributed by atoms with E-state index in [-0.39, 0.29) is 6.42 Å². The predicted molar refractivity (Wildman–Crippen MR) is 106 cm³/mol. The molecule has 2 aromatic rings. The number of rotatable bonds is 7. The minimum atomic E-state index is -5.51. The summed E-state index contributed by atoms with van der Waals surface area (Å²) in [6, 6.07) is 14.4. The van der Waals surface area contributed by atoms with Crippen LogP contribution in [0.1, 0.15) is 48.9 Å². The number of halogens is 6. The summed E-state index contributed by atoms with van der Waals surface area (Å²) in [5.74, 6) is -0.923. The Balaban J connectivity index is 2.73. The summed E-state index contributed by atoms with van der Waals surface area (Å²) in [5, 5.41) is 0. The lowest BCUT2D eigenvalue weighted by atomic mass is 9.63. The van der Waals surface area contributed by atoms with Crippen molar-refractivity contribution in [1.29, 1.82) is 0 Å². The van der Waals surface area contributed by atoms with Crippen LogP contribution in [0.25, 0.3) is 0 Å². The van der Waals surface area contributed by atoms with Crippen molar-refractivity contribution < 1.29 is 26.3 Å². The van der Waals surface area contributed by atoms with Gasteiger partial charge in [0.1, 0.15) is 0 Å². The van der Waals surface area contributed by atoms with Crippen LogP contribution in [0.5, 0.6) is 0 Å². The Labute approximate surface area is 173 Å². The van der Waals surface area contributed by atoms with E-state index in [1.807, 2.05) is 38.1 Å². The van der Waals surface area contributed by atoms with E-state index in [4.69, 9.17) is 0 Å². The fourth-order valence-electron chi connectivity index (χ4n) is 4.38. The van der Waals surface area contributed by atoms with Crippen molar-refractivity contribution in [2.24, 2.45) is 5.92 Å². The molecular weight excluding hydrogens is 404 g/mol. The zero-order valence-corrected chi connectivity index (χ0v) is 17.5. The Kier molecular flexibility index (Phi) is 7.28. The molecule has 1 nitrogen and oxygen atoms in total. The molecule has 7 heteroatoms. The molecule has 1 atom stereocenters. The van der Waals surface area contributed by atoms with Gasteiger partial charge in [0.25, 0.3) is 0 Å². The minimum absolute atomic E-state index is 0.210. The SMILES string of the molecule is CCCC(CN(C(F)(F)F)C(F)(F)F)C(C)(c1ccccc1C)c1ccccc1C. The van der Waals surface area contributed by atoms with Gasteiger partial charge in [0.2, 0.25) is 0 Å². The van der Waals surface area contributed by atoms with E-state index in [9.17, 15) is 26.3 Å². The van der Waals surface area contributed by atoms with Crippen LogP contribution in [0.15, 0.2) is 48.5 Å². The summed E-state index contributed by atoms with van der Waals surface area (Å²) >= 11 is 0. The number of alkyl halides is 6. The lowest BCUT2D eigenvalue weighted by molar-refractivity contribution is -0.376. The van der Waals surface area contributed by atoms with Gasteiger partial charge in [0, 0.05) is 12.0 Å². The van der Waals surface area contributed by atoms with E-state index < -0.39 is 35.4 Å². The highest BCUT2D eigenvalue weighted by Crippen LogP contribution is 2.46. The minimum Gasteiger partial charge on any atom is -0.155 e. The molecule has 30 heavy (non-hydrogen) atoms. The van der Waals surface area contributed by atoms with Crippen LogP contribution in [0.2, 0.25) is 0 Å². The Morgan fingerprint density at radius 3 is 1.50 bits per heavy atom. The number of hydrogen-bond acceptors (Lipinski definition) is 1. The second-order valence-electron chi connectivity index (χ2n) is 7.86. The molecule has 2 aromatic carbocycles. The third kappa shape index (κ3) is 4.99. The quantitative estimate of drug-likeness (QED) is 0.327. The third-order valence-corrected chi connectivity index (χ3v) is 5.88. The summed E-state index contributed by atoms with van der Waals surface area (Å²) in [4.78, 5) is -1.28. The first kappa shape index (κ1) is 24.3. The zero-order chi connectivity index (χ0) is 22.7. The molecular formula is C23H27F6N. The van der Waals surface area contributed by atoms with E-state index >= 15 is 0 Å². The van der Waals surface area contributed by atoms with Crippen molar-refractivity contribution in [3.8, 4) is 0 Å². The molecule has 0 saturated carbocycles. The summed E-state index contributed by atoms with van der Waals surface area (Å²) in [7, 11) is 0. The Hall–Kier alpha value is -2.02. The number of benzene rings is 2. The van der Waals surface area contributed by atoms with Crippen LogP contribution < -0.4 is 0 Å². The molecule has 1 unspecified atom stereocenters. The van der Waals surface area contributed by atoms with Crippen molar-refractivity contribution in [2.45, 2.75) is 58.6 Å². The predicted octanol–water partition coefficient (Wildman–Crippen LogP) is 7.37. The molecule has 0 heterocycles. The number of nitrogens with zero attached hydrogens (tertiary/aromatic N) is 1. The largest absolute Gasteiger partial charge is 0.467 e. The van der Waals surface area contributed by atoms with Crippen molar-refractivity contribution >= 4 is 0 Å². The fraction of sp³-hybridized carbons (Fsp3) is 0.478. The Morgan fingerprint density at radius 1 is 0.767 bits per heavy atom. The lowest BCUT2D eigenvalue weighted by Crippen LogP contribution is -2.53. The molecule has 0 spiro atoms. The molecule has 2 rings (SSSR count). The van der Waals surface area contributed by atoms with Gasteiger partial charge in [0.15, 0.2) is 0 Å². The van der Waals surface area contributed by atoms with E-state index in [0.717, 1.165) is 22.3 Å². The van der Waals surface area contributed by atoms with E-state index in [0.29, 0.717) is 6.42 Å². The Morgan fingerprint density at radius 2 is 1.17 bits per heavy atom. The van der Waals surface area contributed by atoms with Gasteiger partial charge in [-0.1, -0.05) is 68.8 Å². The molecule has 0 aliphatic carbocycles. The summed E-state index contributed by atoms with van der Waals surface area (Å²) in [6.07, 6.45) is -10.4. The molecule has 0 aliphatic heterocycles. The van der Waals surface area contributed by atoms with Gasteiger partial charge < -0.3 is 0 Å². The van der Waals surface area contributed by atoms with Crippen molar-refractivity contribution in [3.63, 3.8) is 0 Å². The molecule has 0 fully saturated rings. The molecule has 0 amide bonds. The first-order valence-corrected chi connectivity index (χ1v) is 9.86. The molecule has 166 valence electrons. The maximum atomic E-state index is 13.4. The second kappa shape index (κ2) is 9.00. The average Bonchev–Trinajstić information content (AvgIpc) is 2.63. The van der Waals surface area contributed by atoms with Crippen LogP contribution in [0.3, 0.4) is 0 Å². The first-order valence-electron chi connectivity index (χ1n) is 9.86. The molecule has 0 aliphatic rings. The summed E-state index contributed by atoms with van der Waals surface area (Å²) in [5.41, 5.74) is 2.09. The van der Waals surface area contributed by atoms with E-state index in [2.05, 4.69) is 0 Å². The average molecular weight is 431 g/mol. The highest BCUT2D eigenvalue weighted by Gasteiger charge is 2.56. The third-order valence-electron chi connectivity index (χ3n) is 5.88.